The van der Waals surface area contributed by atoms with Crippen molar-refractivity contribution in [2.24, 2.45) is 0 Å². The molecule has 0 radical (unpaired) electrons. The van der Waals surface area contributed by atoms with Crippen LogP contribution in [0.25, 0.3) is 0 Å². The highest BCUT2D eigenvalue weighted by Crippen LogP contribution is 2.18. The third-order valence-electron chi connectivity index (χ3n) is 2.31. The first-order chi connectivity index (χ1) is 9.27. The van der Waals surface area contributed by atoms with Gasteiger partial charge in [0.1, 0.15) is 16.5 Å². The van der Waals surface area contributed by atoms with Crippen LogP contribution < -0.4 is 10.0 Å². The van der Waals surface area contributed by atoms with Gasteiger partial charge in [-0.2, -0.15) is 0 Å². The lowest BCUT2D eigenvalue weighted by Gasteiger charge is -2.08. The van der Waals surface area contributed by atoms with Crippen LogP contribution in [0.1, 0.15) is 5.56 Å². The highest BCUT2D eigenvalue weighted by Gasteiger charge is 2.21. The lowest BCUT2D eigenvalue weighted by atomic mass is 10.2. The summed E-state index contributed by atoms with van der Waals surface area (Å²) in [6, 6.07) is 1.33. The molecule has 0 bridgehead atoms. The molecule has 0 aliphatic carbocycles. The van der Waals surface area contributed by atoms with Gasteiger partial charge in [0.25, 0.3) is 0 Å². The molecule has 1 amide bonds. The molecule has 2 N–H and O–H groups in total. The molecule has 0 saturated carbocycles. The Morgan fingerprint density at radius 1 is 1.35 bits per heavy atom. The van der Waals surface area contributed by atoms with Gasteiger partial charge in [-0.25, -0.2) is 21.9 Å². The van der Waals surface area contributed by atoms with Gasteiger partial charge in [0.05, 0.1) is 13.1 Å². The lowest BCUT2D eigenvalue weighted by molar-refractivity contribution is -0.119. The molecule has 0 spiro atoms. The van der Waals surface area contributed by atoms with Crippen molar-refractivity contribution in [3.8, 4) is 12.3 Å². The Morgan fingerprint density at radius 3 is 2.60 bits per heavy atom. The Kier molecular flexibility index (Phi) is 5.19. The van der Waals surface area contributed by atoms with Gasteiger partial charge >= 0.3 is 0 Å². The van der Waals surface area contributed by atoms with Crippen molar-refractivity contribution in [2.45, 2.75) is 11.8 Å². The Balaban J connectivity index is 2.88. The van der Waals surface area contributed by atoms with Crippen molar-refractivity contribution in [2.75, 3.05) is 13.1 Å². The van der Waals surface area contributed by atoms with Crippen molar-refractivity contribution in [3.63, 3.8) is 0 Å². The van der Waals surface area contributed by atoms with Gasteiger partial charge in [-0.1, -0.05) is 5.92 Å². The van der Waals surface area contributed by atoms with Crippen LogP contribution in [0.15, 0.2) is 17.0 Å². The molecule has 0 atom stereocenters. The molecule has 0 aliphatic rings. The largest absolute Gasteiger partial charge is 0.344 e. The fraction of sp³-hybridized carbons (Fsp3) is 0.250. The number of halogens is 2. The zero-order valence-electron chi connectivity index (χ0n) is 10.5. The monoisotopic (exact) mass is 302 g/mol. The number of nitrogens with one attached hydrogen (secondary N) is 2. The van der Waals surface area contributed by atoms with Gasteiger partial charge in [-0.05, 0) is 24.6 Å². The number of benzene rings is 1. The topological polar surface area (TPSA) is 75.3 Å². The van der Waals surface area contributed by atoms with Crippen LogP contribution >= 0.6 is 0 Å². The summed E-state index contributed by atoms with van der Waals surface area (Å²) < 4.78 is 52.2. The molecule has 1 aromatic rings. The summed E-state index contributed by atoms with van der Waals surface area (Å²) in [5.41, 5.74) is -0.0202. The van der Waals surface area contributed by atoms with Crippen LogP contribution in [0.4, 0.5) is 8.78 Å². The van der Waals surface area contributed by atoms with E-state index in [1.165, 1.54) is 6.92 Å². The van der Waals surface area contributed by atoms with E-state index in [0.29, 0.717) is 6.07 Å². The second-order valence-corrected chi connectivity index (χ2v) is 5.57. The first-order valence-electron chi connectivity index (χ1n) is 5.43. The highest BCUT2D eigenvalue weighted by atomic mass is 32.2. The molecule has 0 aromatic heterocycles. The zero-order valence-corrected chi connectivity index (χ0v) is 11.4. The van der Waals surface area contributed by atoms with E-state index in [9.17, 15) is 22.0 Å². The Morgan fingerprint density at radius 2 is 2.00 bits per heavy atom. The molecule has 108 valence electrons. The number of hydrogen-bond acceptors (Lipinski definition) is 3. The van der Waals surface area contributed by atoms with E-state index < -0.39 is 39.0 Å². The number of carbonyl (C=O) groups excluding carboxylic acids is 1. The van der Waals surface area contributed by atoms with Crippen molar-refractivity contribution in [1.82, 2.24) is 10.0 Å². The fourth-order valence-electron chi connectivity index (χ4n) is 1.28. The standard InChI is InChI=1S/C12H12F2N2O3S/c1-3-4-15-12(17)7-16-20(18,19)11-6-9(13)8(2)5-10(11)14/h1,5-6,16H,4,7H2,2H3,(H,15,17). The van der Waals surface area contributed by atoms with Crippen LogP contribution in [-0.2, 0) is 14.8 Å². The quantitative estimate of drug-likeness (QED) is 0.768. The number of hydrogen-bond donors (Lipinski definition) is 2. The maximum Gasteiger partial charge on any atom is 0.244 e. The predicted octanol–water partition coefficient (Wildman–Crippen LogP) is 0.301. The second-order valence-electron chi connectivity index (χ2n) is 3.84. The van der Waals surface area contributed by atoms with Crippen molar-refractivity contribution >= 4 is 15.9 Å². The summed E-state index contributed by atoms with van der Waals surface area (Å²) >= 11 is 0. The van der Waals surface area contributed by atoms with Crippen LogP contribution in [0.5, 0.6) is 0 Å². The van der Waals surface area contributed by atoms with E-state index >= 15 is 0 Å². The number of amides is 1. The van der Waals surface area contributed by atoms with Crippen LogP contribution in [0, 0.1) is 30.9 Å². The van der Waals surface area contributed by atoms with Gasteiger partial charge in [-0.3, -0.25) is 4.79 Å². The molecule has 0 unspecified atom stereocenters. The predicted molar refractivity (Wildman–Crippen MR) is 68.1 cm³/mol. The minimum atomic E-state index is -4.33. The van der Waals surface area contributed by atoms with Gasteiger partial charge in [0.2, 0.25) is 15.9 Å². The normalized spacial score (nSPS) is 10.9. The molecule has 0 saturated heterocycles. The summed E-state index contributed by atoms with van der Waals surface area (Å²) in [5, 5.41) is 2.22. The second kappa shape index (κ2) is 6.45. The molecular weight excluding hydrogens is 290 g/mol. The zero-order chi connectivity index (χ0) is 15.3. The lowest BCUT2D eigenvalue weighted by Crippen LogP contribution is -2.37. The van der Waals surface area contributed by atoms with Gasteiger partial charge < -0.3 is 5.32 Å². The van der Waals surface area contributed by atoms with E-state index in [1.807, 2.05) is 4.72 Å². The maximum atomic E-state index is 13.5. The molecule has 1 aromatic carbocycles. The Bertz CT molecular complexity index is 666. The first-order valence-corrected chi connectivity index (χ1v) is 6.91. The van der Waals surface area contributed by atoms with Gasteiger partial charge in [-0.15, -0.1) is 6.42 Å². The number of carbonyl (C=O) groups is 1. The third-order valence-corrected chi connectivity index (χ3v) is 3.73. The molecule has 8 heteroatoms. The summed E-state index contributed by atoms with van der Waals surface area (Å²) in [7, 11) is -4.33. The highest BCUT2D eigenvalue weighted by molar-refractivity contribution is 7.89. The average Bonchev–Trinajstić information content (AvgIpc) is 2.38. The molecule has 5 nitrogen and oxygen atoms in total. The SMILES string of the molecule is C#CCNC(=O)CNS(=O)(=O)c1cc(F)c(C)cc1F. The smallest absolute Gasteiger partial charge is 0.244 e. The molecule has 1 rings (SSSR count). The fourth-order valence-corrected chi connectivity index (χ4v) is 2.34. The molecule has 0 heterocycles. The van der Waals surface area contributed by atoms with Crippen LogP contribution in [0.2, 0.25) is 0 Å². The van der Waals surface area contributed by atoms with Gasteiger partial charge in [0.15, 0.2) is 0 Å². The van der Waals surface area contributed by atoms with E-state index in [4.69, 9.17) is 6.42 Å². The number of sulfonamides is 1. The van der Waals surface area contributed by atoms with Crippen LogP contribution in [-0.4, -0.2) is 27.4 Å². The first kappa shape index (κ1) is 16.1. The summed E-state index contributed by atoms with van der Waals surface area (Å²) in [5.74, 6) is -0.504. The summed E-state index contributed by atoms with van der Waals surface area (Å²) in [6.07, 6.45) is 4.91. The van der Waals surface area contributed by atoms with Crippen LogP contribution in [0.3, 0.4) is 0 Å². The number of aryl methyl sites for hydroxylation is 1. The molecular formula is C12H12F2N2O3S. The summed E-state index contributed by atoms with van der Waals surface area (Å²) in [6.45, 7) is 0.614. The summed E-state index contributed by atoms with van der Waals surface area (Å²) in [4.78, 5) is 10.3. The maximum absolute atomic E-state index is 13.5. The minimum Gasteiger partial charge on any atom is -0.344 e. The molecule has 20 heavy (non-hydrogen) atoms. The van der Waals surface area contributed by atoms with Crippen molar-refractivity contribution in [1.29, 1.82) is 0 Å². The van der Waals surface area contributed by atoms with E-state index in [2.05, 4.69) is 11.2 Å². The van der Waals surface area contributed by atoms with E-state index in [-0.39, 0.29) is 12.1 Å². The Labute approximate surface area is 115 Å². The number of terminal acetylenes is 1. The number of rotatable bonds is 5. The minimum absolute atomic E-state index is 0.0202. The molecule has 0 aliphatic heterocycles. The Hall–Kier alpha value is -1.98. The van der Waals surface area contributed by atoms with Crippen molar-refractivity contribution in [3.05, 3.63) is 29.3 Å². The van der Waals surface area contributed by atoms with Crippen molar-refractivity contribution < 1.29 is 22.0 Å². The van der Waals surface area contributed by atoms with E-state index in [0.717, 1.165) is 6.07 Å². The van der Waals surface area contributed by atoms with Gasteiger partial charge in [0, 0.05) is 0 Å². The average molecular weight is 302 g/mol. The van der Waals surface area contributed by atoms with E-state index in [1.54, 1.807) is 0 Å². The molecule has 0 fully saturated rings. The third kappa shape index (κ3) is 4.01.